The van der Waals surface area contributed by atoms with Crippen molar-refractivity contribution in [1.82, 2.24) is 5.32 Å². The quantitative estimate of drug-likeness (QED) is 0.845. The summed E-state index contributed by atoms with van der Waals surface area (Å²) in [6.07, 6.45) is 1.20. The van der Waals surface area contributed by atoms with Crippen molar-refractivity contribution in [3.05, 3.63) is 35.1 Å². The molecule has 0 radical (unpaired) electrons. The first kappa shape index (κ1) is 11.6. The van der Waals surface area contributed by atoms with Gasteiger partial charge in [-0.25, -0.2) is 4.39 Å². The number of hydrogen-bond donors (Lipinski definition) is 1. The maximum absolute atomic E-state index is 12.9. The molecule has 16 heavy (non-hydrogen) atoms. The van der Waals surface area contributed by atoms with E-state index in [2.05, 4.69) is 5.32 Å². The van der Waals surface area contributed by atoms with E-state index in [1.165, 1.54) is 12.5 Å². The van der Waals surface area contributed by atoms with Crippen molar-refractivity contribution in [2.24, 2.45) is 5.92 Å². The zero-order chi connectivity index (χ0) is 11.4. The minimum absolute atomic E-state index is 0.179. The lowest BCUT2D eigenvalue weighted by Gasteiger charge is -2.10. The van der Waals surface area contributed by atoms with Gasteiger partial charge in [-0.1, -0.05) is 6.07 Å². The Kier molecular flexibility index (Phi) is 3.91. The first-order chi connectivity index (χ1) is 7.75. The molecule has 1 N–H and O–H groups in total. The normalized spacial score (nSPS) is 20.2. The van der Waals surface area contributed by atoms with Gasteiger partial charge >= 0.3 is 0 Å². The van der Waals surface area contributed by atoms with E-state index in [4.69, 9.17) is 4.74 Å². The smallest absolute Gasteiger partial charge is 0.123 e. The molecule has 0 aliphatic carbocycles. The lowest BCUT2D eigenvalue weighted by molar-refractivity contribution is 0.0921. The number of halogens is 1. The van der Waals surface area contributed by atoms with Gasteiger partial charge in [-0.15, -0.1) is 0 Å². The Morgan fingerprint density at radius 2 is 2.38 bits per heavy atom. The average molecular weight is 223 g/mol. The topological polar surface area (TPSA) is 21.3 Å². The van der Waals surface area contributed by atoms with Gasteiger partial charge in [0.1, 0.15) is 5.82 Å². The highest BCUT2D eigenvalue weighted by atomic mass is 19.1. The minimum Gasteiger partial charge on any atom is -0.376 e. The van der Waals surface area contributed by atoms with Crippen LogP contribution in [0.5, 0.6) is 0 Å². The zero-order valence-electron chi connectivity index (χ0n) is 9.63. The Balaban J connectivity index is 1.80. The predicted molar refractivity (Wildman–Crippen MR) is 61.8 cm³/mol. The molecule has 1 aliphatic heterocycles. The number of aryl methyl sites for hydroxylation is 1. The molecule has 0 bridgehead atoms. The third-order valence-electron chi connectivity index (χ3n) is 3.08. The molecule has 0 amide bonds. The summed E-state index contributed by atoms with van der Waals surface area (Å²) in [4.78, 5) is 0. The predicted octanol–water partition coefficient (Wildman–Crippen LogP) is 2.26. The zero-order valence-corrected chi connectivity index (χ0v) is 9.63. The molecule has 1 heterocycles. The van der Waals surface area contributed by atoms with Gasteiger partial charge in [0.15, 0.2) is 0 Å². The maximum Gasteiger partial charge on any atom is 0.123 e. The molecule has 1 aromatic carbocycles. The van der Waals surface area contributed by atoms with Gasteiger partial charge in [0.25, 0.3) is 0 Å². The van der Waals surface area contributed by atoms with Crippen molar-refractivity contribution < 1.29 is 9.13 Å². The van der Waals surface area contributed by atoms with E-state index in [-0.39, 0.29) is 5.82 Å². The second-order valence-corrected chi connectivity index (χ2v) is 4.44. The summed E-state index contributed by atoms with van der Waals surface area (Å²) < 4.78 is 18.5. The molecule has 88 valence electrons. The lowest BCUT2D eigenvalue weighted by Crippen LogP contribution is -2.13. The van der Waals surface area contributed by atoms with E-state index in [9.17, 15) is 4.39 Å². The van der Waals surface area contributed by atoms with Crippen molar-refractivity contribution in [2.75, 3.05) is 19.7 Å². The van der Waals surface area contributed by atoms with Crippen LogP contribution < -0.4 is 5.32 Å². The van der Waals surface area contributed by atoms with E-state index in [1.807, 2.05) is 6.92 Å². The largest absolute Gasteiger partial charge is 0.376 e. The Labute approximate surface area is 95.8 Å². The highest BCUT2D eigenvalue weighted by molar-refractivity contribution is 5.25. The summed E-state index contributed by atoms with van der Waals surface area (Å²) in [5.74, 6) is 0.460. The van der Waals surface area contributed by atoms with Crippen LogP contribution in [0.1, 0.15) is 17.5 Å². The summed E-state index contributed by atoms with van der Waals surface area (Å²) >= 11 is 0. The molecule has 3 heteroatoms. The number of hydrogen-bond acceptors (Lipinski definition) is 2. The van der Waals surface area contributed by atoms with Gasteiger partial charge in [-0.05, 0) is 49.1 Å². The fraction of sp³-hybridized carbons (Fsp3) is 0.538. The molecule has 0 spiro atoms. The second-order valence-electron chi connectivity index (χ2n) is 4.44. The molecule has 1 fully saturated rings. The fourth-order valence-electron chi connectivity index (χ4n) is 2.01. The van der Waals surface area contributed by atoms with Crippen LogP contribution >= 0.6 is 0 Å². The SMILES string of the molecule is Cc1cc(F)ccc1COCC1CCNC1. The van der Waals surface area contributed by atoms with Crippen molar-refractivity contribution >= 4 is 0 Å². The summed E-state index contributed by atoms with van der Waals surface area (Å²) in [5, 5.41) is 3.31. The van der Waals surface area contributed by atoms with Crippen molar-refractivity contribution in [3.63, 3.8) is 0 Å². The minimum atomic E-state index is -0.179. The average Bonchev–Trinajstić information content (AvgIpc) is 2.74. The van der Waals surface area contributed by atoms with Crippen LogP contribution in [-0.4, -0.2) is 19.7 Å². The first-order valence-electron chi connectivity index (χ1n) is 5.79. The van der Waals surface area contributed by atoms with E-state index in [1.54, 1.807) is 12.1 Å². The van der Waals surface area contributed by atoms with Gasteiger partial charge in [0.05, 0.1) is 13.2 Å². The Morgan fingerprint density at radius 1 is 1.50 bits per heavy atom. The molecule has 1 atom stereocenters. The highest BCUT2D eigenvalue weighted by Crippen LogP contribution is 2.13. The van der Waals surface area contributed by atoms with Crippen LogP contribution in [0.25, 0.3) is 0 Å². The molecule has 2 nitrogen and oxygen atoms in total. The second kappa shape index (κ2) is 5.41. The van der Waals surface area contributed by atoms with E-state index in [0.717, 1.165) is 30.8 Å². The Bertz CT molecular complexity index is 348. The number of rotatable bonds is 4. The van der Waals surface area contributed by atoms with Crippen LogP contribution in [0.2, 0.25) is 0 Å². The molecular weight excluding hydrogens is 205 g/mol. The summed E-state index contributed by atoms with van der Waals surface area (Å²) in [5.41, 5.74) is 2.04. The first-order valence-corrected chi connectivity index (χ1v) is 5.79. The summed E-state index contributed by atoms with van der Waals surface area (Å²) in [7, 11) is 0. The lowest BCUT2D eigenvalue weighted by atomic mass is 10.1. The molecule has 1 aliphatic rings. The van der Waals surface area contributed by atoms with Gasteiger partial charge in [-0.3, -0.25) is 0 Å². The van der Waals surface area contributed by atoms with Gasteiger partial charge < -0.3 is 10.1 Å². The number of benzene rings is 1. The fourth-order valence-corrected chi connectivity index (χ4v) is 2.01. The molecule has 1 unspecified atom stereocenters. The summed E-state index contributed by atoms with van der Waals surface area (Å²) in [6.45, 7) is 5.46. The molecule has 1 aromatic rings. The highest BCUT2D eigenvalue weighted by Gasteiger charge is 2.14. The van der Waals surface area contributed by atoms with Crippen molar-refractivity contribution in [3.8, 4) is 0 Å². The molecular formula is C13H18FNO. The van der Waals surface area contributed by atoms with E-state index < -0.39 is 0 Å². The van der Waals surface area contributed by atoms with E-state index >= 15 is 0 Å². The van der Waals surface area contributed by atoms with Crippen LogP contribution in [0.4, 0.5) is 4.39 Å². The molecule has 2 rings (SSSR count). The van der Waals surface area contributed by atoms with Crippen LogP contribution in [0.3, 0.4) is 0 Å². The number of nitrogens with one attached hydrogen (secondary N) is 1. The Morgan fingerprint density at radius 3 is 3.06 bits per heavy atom. The third kappa shape index (κ3) is 3.03. The number of ether oxygens (including phenoxy) is 1. The molecule has 0 aromatic heterocycles. The summed E-state index contributed by atoms with van der Waals surface area (Å²) in [6, 6.07) is 4.84. The van der Waals surface area contributed by atoms with Crippen LogP contribution in [-0.2, 0) is 11.3 Å². The Hall–Kier alpha value is -0.930. The van der Waals surface area contributed by atoms with Crippen molar-refractivity contribution in [2.45, 2.75) is 20.0 Å². The molecule has 0 saturated carbocycles. The van der Waals surface area contributed by atoms with Gasteiger partial charge in [0.2, 0.25) is 0 Å². The monoisotopic (exact) mass is 223 g/mol. The maximum atomic E-state index is 12.9. The van der Waals surface area contributed by atoms with Gasteiger partial charge in [0, 0.05) is 6.54 Å². The van der Waals surface area contributed by atoms with Crippen LogP contribution in [0, 0.1) is 18.7 Å². The van der Waals surface area contributed by atoms with Crippen LogP contribution in [0.15, 0.2) is 18.2 Å². The third-order valence-corrected chi connectivity index (χ3v) is 3.08. The van der Waals surface area contributed by atoms with Crippen molar-refractivity contribution in [1.29, 1.82) is 0 Å². The van der Waals surface area contributed by atoms with Gasteiger partial charge in [-0.2, -0.15) is 0 Å². The standard InChI is InChI=1S/C13H18FNO/c1-10-6-13(14)3-2-12(10)9-16-8-11-4-5-15-7-11/h2-3,6,11,15H,4-5,7-9H2,1H3. The van der Waals surface area contributed by atoms with E-state index in [0.29, 0.717) is 12.5 Å². The molecule has 1 saturated heterocycles.